The molecule has 7 heteroatoms. The molecular formula is C16H25N5O2. The van der Waals surface area contributed by atoms with Crippen LogP contribution in [0.2, 0.25) is 0 Å². The first-order valence-corrected chi connectivity index (χ1v) is 8.01. The van der Waals surface area contributed by atoms with Crippen LogP contribution in [0.3, 0.4) is 0 Å². The molecular weight excluding hydrogens is 294 g/mol. The Hall–Kier alpha value is -2.15. The van der Waals surface area contributed by atoms with Gasteiger partial charge in [0.1, 0.15) is 5.82 Å². The lowest BCUT2D eigenvalue weighted by Gasteiger charge is -2.17. The number of hydrogen-bond donors (Lipinski definition) is 3. The molecule has 7 nitrogen and oxygen atoms in total. The number of hydrogen-bond acceptors (Lipinski definition) is 5. The maximum absolute atomic E-state index is 11.8. The molecule has 0 saturated carbocycles. The summed E-state index contributed by atoms with van der Waals surface area (Å²) >= 11 is 0. The molecule has 1 atom stereocenters. The molecule has 2 amide bonds. The Morgan fingerprint density at radius 3 is 2.57 bits per heavy atom. The molecule has 1 aliphatic rings. The van der Waals surface area contributed by atoms with Gasteiger partial charge in [-0.2, -0.15) is 0 Å². The molecule has 0 bridgehead atoms. The number of carbonyl (C=O) groups is 2. The van der Waals surface area contributed by atoms with Crippen molar-refractivity contribution in [2.24, 2.45) is 11.7 Å². The van der Waals surface area contributed by atoms with Gasteiger partial charge < -0.3 is 21.3 Å². The van der Waals surface area contributed by atoms with Crippen molar-refractivity contribution in [2.45, 2.75) is 32.7 Å². The van der Waals surface area contributed by atoms with Crippen molar-refractivity contribution in [2.75, 3.05) is 29.9 Å². The highest BCUT2D eigenvalue weighted by Crippen LogP contribution is 2.19. The van der Waals surface area contributed by atoms with Gasteiger partial charge in [-0.1, -0.05) is 13.8 Å². The number of anilines is 2. The molecule has 0 radical (unpaired) electrons. The number of rotatable bonds is 6. The fourth-order valence-corrected chi connectivity index (χ4v) is 2.40. The minimum atomic E-state index is -0.610. The van der Waals surface area contributed by atoms with E-state index in [9.17, 15) is 9.59 Å². The summed E-state index contributed by atoms with van der Waals surface area (Å²) in [6.45, 7) is 5.70. The van der Waals surface area contributed by atoms with Gasteiger partial charge in [0.15, 0.2) is 0 Å². The van der Waals surface area contributed by atoms with Gasteiger partial charge in [0.05, 0.1) is 24.5 Å². The predicted molar refractivity (Wildman–Crippen MR) is 90.1 cm³/mol. The van der Waals surface area contributed by atoms with E-state index < -0.39 is 6.04 Å². The SMILES string of the molecule is CC(C)[C@H](N)C(=O)NCC(=O)Nc1ccc(N2CCCC2)cn1. The largest absolute Gasteiger partial charge is 0.370 e. The highest BCUT2D eigenvalue weighted by Gasteiger charge is 2.18. The molecule has 1 fully saturated rings. The highest BCUT2D eigenvalue weighted by atomic mass is 16.2. The van der Waals surface area contributed by atoms with Crippen LogP contribution < -0.4 is 21.3 Å². The summed E-state index contributed by atoms with van der Waals surface area (Å²) in [6.07, 6.45) is 4.17. The molecule has 0 aliphatic carbocycles. The van der Waals surface area contributed by atoms with E-state index in [0.29, 0.717) is 5.82 Å². The zero-order chi connectivity index (χ0) is 16.8. The first-order chi connectivity index (χ1) is 11.0. The Labute approximate surface area is 136 Å². The lowest BCUT2D eigenvalue weighted by atomic mass is 10.1. The fraction of sp³-hybridized carbons (Fsp3) is 0.562. The first kappa shape index (κ1) is 17.2. The number of pyridine rings is 1. The normalized spacial score (nSPS) is 15.6. The maximum atomic E-state index is 11.8. The molecule has 0 unspecified atom stereocenters. The van der Waals surface area contributed by atoms with Crippen LogP contribution in [0.5, 0.6) is 0 Å². The van der Waals surface area contributed by atoms with Gasteiger partial charge in [-0.3, -0.25) is 9.59 Å². The van der Waals surface area contributed by atoms with Gasteiger partial charge >= 0.3 is 0 Å². The first-order valence-electron chi connectivity index (χ1n) is 8.01. The molecule has 1 aromatic heterocycles. The molecule has 1 aromatic rings. The number of carbonyl (C=O) groups excluding carboxylic acids is 2. The summed E-state index contributed by atoms with van der Waals surface area (Å²) in [5.41, 5.74) is 6.78. The van der Waals surface area contributed by atoms with E-state index in [2.05, 4.69) is 20.5 Å². The van der Waals surface area contributed by atoms with Crippen molar-refractivity contribution < 1.29 is 9.59 Å². The van der Waals surface area contributed by atoms with Crippen molar-refractivity contribution in [3.05, 3.63) is 18.3 Å². The van der Waals surface area contributed by atoms with E-state index in [0.717, 1.165) is 18.8 Å². The third-order valence-electron chi connectivity index (χ3n) is 3.93. The van der Waals surface area contributed by atoms with Crippen LogP contribution in [-0.4, -0.2) is 42.5 Å². The van der Waals surface area contributed by atoms with Crippen molar-refractivity contribution in [1.82, 2.24) is 10.3 Å². The molecule has 1 saturated heterocycles. The zero-order valence-corrected chi connectivity index (χ0v) is 13.7. The molecule has 1 aliphatic heterocycles. The average Bonchev–Trinajstić information content (AvgIpc) is 3.07. The second-order valence-corrected chi connectivity index (χ2v) is 6.13. The lowest BCUT2D eigenvalue weighted by Crippen LogP contribution is -2.46. The summed E-state index contributed by atoms with van der Waals surface area (Å²) in [5, 5.41) is 5.19. The third-order valence-corrected chi connectivity index (χ3v) is 3.93. The van der Waals surface area contributed by atoms with Gasteiger partial charge in [0.2, 0.25) is 11.8 Å². The standard InChI is InChI=1S/C16H25N5O2/c1-11(2)15(17)16(23)19-10-14(22)20-13-6-5-12(9-18-13)21-7-3-4-8-21/h5-6,9,11,15H,3-4,7-8,10,17H2,1-2H3,(H,19,23)(H,18,20,22)/t15-/m0/s1. The van der Waals surface area contributed by atoms with Gasteiger partial charge in [-0.25, -0.2) is 4.98 Å². The van der Waals surface area contributed by atoms with Crippen LogP contribution >= 0.6 is 0 Å². The predicted octanol–water partition coefficient (Wildman–Crippen LogP) is 0.720. The Morgan fingerprint density at radius 2 is 2.00 bits per heavy atom. The minimum absolute atomic E-state index is 0.0258. The number of amides is 2. The lowest BCUT2D eigenvalue weighted by molar-refractivity contribution is -0.125. The second-order valence-electron chi connectivity index (χ2n) is 6.13. The van der Waals surface area contributed by atoms with Crippen LogP contribution in [0.15, 0.2) is 18.3 Å². The number of nitrogens with two attached hydrogens (primary N) is 1. The molecule has 23 heavy (non-hydrogen) atoms. The maximum Gasteiger partial charge on any atom is 0.244 e. The summed E-state index contributed by atoms with van der Waals surface area (Å²) in [6, 6.07) is 3.11. The van der Waals surface area contributed by atoms with Crippen molar-refractivity contribution in [3.8, 4) is 0 Å². The average molecular weight is 319 g/mol. The molecule has 4 N–H and O–H groups in total. The Morgan fingerprint density at radius 1 is 1.30 bits per heavy atom. The summed E-state index contributed by atoms with van der Waals surface area (Å²) in [5.74, 6) is -0.151. The van der Waals surface area contributed by atoms with Crippen molar-refractivity contribution in [1.29, 1.82) is 0 Å². The summed E-state index contributed by atoms with van der Waals surface area (Å²) in [7, 11) is 0. The van der Waals surface area contributed by atoms with Crippen LogP contribution in [0.25, 0.3) is 0 Å². The Bertz CT molecular complexity index is 538. The van der Waals surface area contributed by atoms with E-state index >= 15 is 0 Å². The van der Waals surface area contributed by atoms with E-state index in [1.165, 1.54) is 12.8 Å². The number of aromatic nitrogens is 1. The minimum Gasteiger partial charge on any atom is -0.370 e. The molecule has 2 heterocycles. The van der Waals surface area contributed by atoms with E-state index in [4.69, 9.17) is 5.73 Å². The van der Waals surface area contributed by atoms with E-state index in [1.54, 1.807) is 12.3 Å². The van der Waals surface area contributed by atoms with Gasteiger partial charge in [0.25, 0.3) is 0 Å². The quantitative estimate of drug-likeness (QED) is 0.717. The van der Waals surface area contributed by atoms with Crippen LogP contribution in [0.1, 0.15) is 26.7 Å². The summed E-state index contributed by atoms with van der Waals surface area (Å²) < 4.78 is 0. The van der Waals surface area contributed by atoms with Crippen LogP contribution in [0, 0.1) is 5.92 Å². The molecule has 2 rings (SSSR count). The topological polar surface area (TPSA) is 100 Å². The van der Waals surface area contributed by atoms with E-state index in [1.807, 2.05) is 19.9 Å². The fourth-order valence-electron chi connectivity index (χ4n) is 2.40. The molecule has 126 valence electrons. The molecule has 0 spiro atoms. The van der Waals surface area contributed by atoms with E-state index in [-0.39, 0.29) is 24.3 Å². The van der Waals surface area contributed by atoms with Crippen LogP contribution in [0.4, 0.5) is 11.5 Å². The van der Waals surface area contributed by atoms with Gasteiger partial charge in [-0.15, -0.1) is 0 Å². The van der Waals surface area contributed by atoms with Crippen molar-refractivity contribution >= 4 is 23.3 Å². The molecule has 0 aromatic carbocycles. The smallest absolute Gasteiger partial charge is 0.244 e. The van der Waals surface area contributed by atoms with Crippen LogP contribution in [-0.2, 0) is 9.59 Å². The van der Waals surface area contributed by atoms with Gasteiger partial charge in [0, 0.05) is 13.1 Å². The second kappa shape index (κ2) is 7.92. The third kappa shape index (κ3) is 4.92. The number of nitrogens with one attached hydrogen (secondary N) is 2. The monoisotopic (exact) mass is 319 g/mol. The number of nitrogens with zero attached hydrogens (tertiary/aromatic N) is 2. The van der Waals surface area contributed by atoms with Gasteiger partial charge in [-0.05, 0) is 30.9 Å². The zero-order valence-electron chi connectivity index (χ0n) is 13.7. The van der Waals surface area contributed by atoms with Crippen molar-refractivity contribution in [3.63, 3.8) is 0 Å². The Kier molecular flexibility index (Phi) is 5.92. The Balaban J connectivity index is 1.79. The highest BCUT2D eigenvalue weighted by molar-refractivity contribution is 5.94. The summed E-state index contributed by atoms with van der Waals surface area (Å²) in [4.78, 5) is 30.0.